The smallest absolute Gasteiger partial charge is 0.0327 e. The van der Waals surface area contributed by atoms with Gasteiger partial charge in [-0.2, -0.15) is 0 Å². The van der Waals surface area contributed by atoms with Gasteiger partial charge in [0.15, 0.2) is 0 Å². The van der Waals surface area contributed by atoms with E-state index in [1.807, 2.05) is 11.3 Å². The van der Waals surface area contributed by atoms with E-state index in [2.05, 4.69) is 39.6 Å². The number of thiophene rings is 1. The summed E-state index contributed by atoms with van der Waals surface area (Å²) in [5, 5.41) is 5.84. The van der Waals surface area contributed by atoms with Crippen LogP contribution in [-0.2, 0) is 6.54 Å². The van der Waals surface area contributed by atoms with Crippen molar-refractivity contribution in [1.82, 2.24) is 5.32 Å². The van der Waals surface area contributed by atoms with Crippen LogP contribution in [0.1, 0.15) is 37.5 Å². The fourth-order valence-electron chi connectivity index (χ4n) is 2.29. The maximum Gasteiger partial charge on any atom is 0.0327 e. The van der Waals surface area contributed by atoms with Crippen LogP contribution in [-0.4, -0.2) is 6.04 Å². The predicted octanol–water partition coefficient (Wildman–Crippen LogP) is 4.18. The molecule has 1 nitrogen and oxygen atoms in total. The maximum atomic E-state index is 3.70. The average Bonchev–Trinajstić information content (AvgIpc) is 2.63. The molecule has 0 amide bonds. The minimum atomic E-state index is 0.729. The van der Waals surface area contributed by atoms with Gasteiger partial charge in [-0.15, -0.1) is 11.3 Å². The summed E-state index contributed by atoms with van der Waals surface area (Å²) in [5.41, 5.74) is 0. The van der Waals surface area contributed by atoms with E-state index in [1.54, 1.807) is 0 Å². The van der Waals surface area contributed by atoms with Crippen LogP contribution in [0.2, 0.25) is 0 Å². The highest BCUT2D eigenvalue weighted by Gasteiger charge is 2.20. The fraction of sp³-hybridized carbons (Fsp3) is 0.667. The highest BCUT2D eigenvalue weighted by Crippen LogP contribution is 2.26. The lowest BCUT2D eigenvalue weighted by molar-refractivity contribution is 0.280. The topological polar surface area (TPSA) is 12.0 Å². The molecule has 1 aromatic heterocycles. The molecule has 0 spiro atoms. The Kier molecular flexibility index (Phi) is 4.23. The molecule has 2 rings (SSSR count). The first-order valence-electron chi connectivity index (χ1n) is 5.72. The molecule has 1 heterocycles. The van der Waals surface area contributed by atoms with Crippen LogP contribution < -0.4 is 5.32 Å². The Balaban J connectivity index is 1.84. The minimum Gasteiger partial charge on any atom is -0.309 e. The number of rotatable bonds is 3. The Morgan fingerprint density at radius 3 is 2.93 bits per heavy atom. The molecule has 84 valence electrons. The second kappa shape index (κ2) is 5.46. The van der Waals surface area contributed by atoms with E-state index in [-0.39, 0.29) is 0 Å². The van der Waals surface area contributed by atoms with E-state index in [1.165, 1.54) is 35.0 Å². The number of hydrogen-bond acceptors (Lipinski definition) is 2. The zero-order valence-corrected chi connectivity index (χ0v) is 11.5. The summed E-state index contributed by atoms with van der Waals surface area (Å²) in [6.07, 6.45) is 5.56. The van der Waals surface area contributed by atoms with E-state index in [0.717, 1.165) is 18.5 Å². The van der Waals surface area contributed by atoms with Crippen molar-refractivity contribution in [1.29, 1.82) is 0 Å². The third kappa shape index (κ3) is 3.05. The van der Waals surface area contributed by atoms with Gasteiger partial charge < -0.3 is 5.32 Å². The van der Waals surface area contributed by atoms with Gasteiger partial charge in [0, 0.05) is 21.9 Å². The molecular formula is C12H18BrNS. The Labute approximate surface area is 104 Å². The zero-order valence-electron chi connectivity index (χ0n) is 9.13. The van der Waals surface area contributed by atoms with E-state index < -0.39 is 0 Å². The molecule has 1 fully saturated rings. The summed E-state index contributed by atoms with van der Waals surface area (Å²) in [6.45, 7) is 3.40. The molecule has 1 saturated carbocycles. The molecule has 0 aliphatic heterocycles. The van der Waals surface area contributed by atoms with Gasteiger partial charge in [-0.05, 0) is 46.1 Å². The molecule has 1 N–H and O–H groups in total. The lowest BCUT2D eigenvalue weighted by atomic mass is 9.86. The molecule has 0 saturated heterocycles. The average molecular weight is 288 g/mol. The van der Waals surface area contributed by atoms with Crippen molar-refractivity contribution < 1.29 is 0 Å². The van der Waals surface area contributed by atoms with E-state index >= 15 is 0 Å². The third-order valence-corrected chi connectivity index (χ3v) is 5.25. The van der Waals surface area contributed by atoms with Crippen LogP contribution in [0.25, 0.3) is 0 Å². The van der Waals surface area contributed by atoms with Crippen molar-refractivity contribution in [3.05, 3.63) is 20.8 Å². The molecule has 0 radical (unpaired) electrons. The van der Waals surface area contributed by atoms with Gasteiger partial charge in [-0.1, -0.05) is 19.8 Å². The van der Waals surface area contributed by atoms with Crippen LogP contribution in [0.3, 0.4) is 0 Å². The van der Waals surface area contributed by atoms with E-state index in [4.69, 9.17) is 0 Å². The predicted molar refractivity (Wildman–Crippen MR) is 70.3 cm³/mol. The van der Waals surface area contributed by atoms with E-state index in [0.29, 0.717) is 0 Å². The molecule has 2 atom stereocenters. The van der Waals surface area contributed by atoms with Crippen LogP contribution in [0.5, 0.6) is 0 Å². The first-order valence-corrected chi connectivity index (χ1v) is 7.40. The molecule has 1 aromatic rings. The standard InChI is InChI=1S/C12H18BrNS/c1-9-4-2-3-5-11(9)14-8-12-10(13)6-7-15-12/h6-7,9,11,14H,2-5,8H2,1H3. The molecule has 15 heavy (non-hydrogen) atoms. The minimum absolute atomic E-state index is 0.729. The van der Waals surface area contributed by atoms with Gasteiger partial charge in [-0.25, -0.2) is 0 Å². The van der Waals surface area contributed by atoms with Gasteiger partial charge in [-0.3, -0.25) is 0 Å². The summed E-state index contributed by atoms with van der Waals surface area (Å²) in [6, 6.07) is 2.86. The first kappa shape index (κ1) is 11.6. The Hall–Kier alpha value is 0.140. The second-order valence-electron chi connectivity index (χ2n) is 4.44. The summed E-state index contributed by atoms with van der Waals surface area (Å²) < 4.78 is 1.25. The number of hydrogen-bond donors (Lipinski definition) is 1. The van der Waals surface area contributed by atoms with Gasteiger partial charge in [0.1, 0.15) is 0 Å². The lowest BCUT2D eigenvalue weighted by Crippen LogP contribution is -2.36. The quantitative estimate of drug-likeness (QED) is 0.880. The zero-order chi connectivity index (χ0) is 10.7. The second-order valence-corrected chi connectivity index (χ2v) is 6.30. The van der Waals surface area contributed by atoms with Gasteiger partial charge in [0.2, 0.25) is 0 Å². The SMILES string of the molecule is CC1CCCCC1NCc1sccc1Br. The Morgan fingerprint density at radius 1 is 1.47 bits per heavy atom. The maximum absolute atomic E-state index is 3.70. The van der Waals surface area contributed by atoms with Gasteiger partial charge in [0.05, 0.1) is 0 Å². The largest absolute Gasteiger partial charge is 0.309 e. The fourth-order valence-corrected chi connectivity index (χ4v) is 3.74. The monoisotopic (exact) mass is 287 g/mol. The molecule has 1 aliphatic carbocycles. The Morgan fingerprint density at radius 2 is 2.27 bits per heavy atom. The molecule has 1 aliphatic rings. The van der Waals surface area contributed by atoms with Crippen molar-refractivity contribution in [2.75, 3.05) is 0 Å². The van der Waals surface area contributed by atoms with Crippen molar-refractivity contribution in [3.63, 3.8) is 0 Å². The van der Waals surface area contributed by atoms with Crippen molar-refractivity contribution >= 4 is 27.3 Å². The Bertz CT molecular complexity index is 310. The molecule has 0 aromatic carbocycles. The molecule has 3 heteroatoms. The van der Waals surface area contributed by atoms with Crippen LogP contribution >= 0.6 is 27.3 Å². The highest BCUT2D eigenvalue weighted by molar-refractivity contribution is 9.10. The van der Waals surface area contributed by atoms with Crippen LogP contribution in [0, 0.1) is 5.92 Å². The molecule has 0 bridgehead atoms. The van der Waals surface area contributed by atoms with Gasteiger partial charge >= 0.3 is 0 Å². The summed E-state index contributed by atoms with van der Waals surface area (Å²) >= 11 is 5.41. The van der Waals surface area contributed by atoms with Crippen molar-refractivity contribution in [3.8, 4) is 0 Å². The third-order valence-electron chi connectivity index (χ3n) is 3.33. The van der Waals surface area contributed by atoms with Crippen molar-refractivity contribution in [2.45, 2.75) is 45.2 Å². The van der Waals surface area contributed by atoms with Crippen LogP contribution in [0.15, 0.2) is 15.9 Å². The lowest BCUT2D eigenvalue weighted by Gasteiger charge is -2.29. The van der Waals surface area contributed by atoms with Crippen molar-refractivity contribution in [2.24, 2.45) is 5.92 Å². The highest BCUT2D eigenvalue weighted by atomic mass is 79.9. The molecular weight excluding hydrogens is 270 g/mol. The normalized spacial score (nSPS) is 26.8. The number of nitrogens with one attached hydrogen (secondary N) is 1. The first-order chi connectivity index (χ1) is 7.27. The van der Waals surface area contributed by atoms with E-state index in [9.17, 15) is 0 Å². The summed E-state index contributed by atoms with van der Waals surface area (Å²) in [5.74, 6) is 0.845. The summed E-state index contributed by atoms with van der Waals surface area (Å²) in [7, 11) is 0. The number of halogens is 1. The van der Waals surface area contributed by atoms with Crippen LogP contribution in [0.4, 0.5) is 0 Å². The summed E-state index contributed by atoms with van der Waals surface area (Å²) in [4.78, 5) is 1.42. The molecule has 2 unspecified atom stereocenters. The van der Waals surface area contributed by atoms with Gasteiger partial charge in [0.25, 0.3) is 0 Å².